The molecule has 0 spiro atoms. The van der Waals surface area contributed by atoms with Crippen LogP contribution < -0.4 is 0 Å². The van der Waals surface area contributed by atoms with E-state index < -0.39 is 36.5 Å². The molecular formula is C12H7F9O2. The lowest BCUT2D eigenvalue weighted by Gasteiger charge is -2.32. The quantitative estimate of drug-likeness (QED) is 0.585. The highest BCUT2D eigenvalue weighted by molar-refractivity contribution is 5.79. The molecule has 0 unspecified atom stereocenters. The van der Waals surface area contributed by atoms with E-state index in [1.165, 1.54) is 30.3 Å². The van der Waals surface area contributed by atoms with Gasteiger partial charge in [-0.2, -0.15) is 39.5 Å². The Balaban J connectivity index is 2.97. The molecule has 0 amide bonds. The molecule has 11 heteroatoms. The molecule has 0 N–H and O–H groups in total. The Bertz CT molecular complexity index is 551. The summed E-state index contributed by atoms with van der Waals surface area (Å²) in [6.45, 7) is -1.01. The molecule has 2 nitrogen and oxygen atoms in total. The fraction of sp³-hybridized carbons (Fsp3) is 0.417. The molecule has 0 radical (unpaired) electrons. The molecule has 0 aliphatic rings. The van der Waals surface area contributed by atoms with Crippen LogP contribution in [0.4, 0.5) is 39.5 Å². The van der Waals surface area contributed by atoms with Crippen molar-refractivity contribution in [2.45, 2.75) is 30.6 Å². The first-order chi connectivity index (χ1) is 10.2. The van der Waals surface area contributed by atoms with Crippen molar-refractivity contribution in [3.63, 3.8) is 0 Å². The number of benzene rings is 1. The Hall–Kier alpha value is -1.94. The first-order valence-corrected chi connectivity index (χ1v) is 5.66. The summed E-state index contributed by atoms with van der Waals surface area (Å²) in [6, 6.07) is 6.61. The van der Waals surface area contributed by atoms with Crippen LogP contribution in [0.1, 0.15) is 5.56 Å². The number of hydrogen-bond acceptors (Lipinski definition) is 2. The van der Waals surface area contributed by atoms with Crippen LogP contribution in [0.25, 0.3) is 0 Å². The van der Waals surface area contributed by atoms with Crippen molar-refractivity contribution in [1.82, 2.24) is 0 Å². The fourth-order valence-electron chi connectivity index (χ4n) is 1.32. The van der Waals surface area contributed by atoms with Gasteiger partial charge in [0.25, 0.3) is 0 Å². The number of esters is 1. The van der Waals surface area contributed by atoms with E-state index >= 15 is 0 Å². The largest absolute Gasteiger partial charge is 0.460 e. The second-order valence-corrected chi connectivity index (χ2v) is 4.28. The Labute approximate surface area is 122 Å². The van der Waals surface area contributed by atoms with Crippen molar-refractivity contribution in [2.24, 2.45) is 0 Å². The second kappa shape index (κ2) is 5.93. The Morgan fingerprint density at radius 2 is 1.30 bits per heavy atom. The zero-order chi connectivity index (χ0) is 18.1. The minimum Gasteiger partial charge on any atom is -0.456 e. The zero-order valence-electron chi connectivity index (χ0n) is 10.8. The lowest BCUT2D eigenvalue weighted by Crippen LogP contribution is -2.63. The van der Waals surface area contributed by atoms with E-state index in [0.717, 1.165) is 0 Å². The van der Waals surface area contributed by atoms with Crippen LogP contribution in [0.5, 0.6) is 0 Å². The molecule has 23 heavy (non-hydrogen) atoms. The fourth-order valence-corrected chi connectivity index (χ4v) is 1.32. The minimum absolute atomic E-state index is 0.0301. The third-order valence-electron chi connectivity index (χ3n) is 2.61. The summed E-state index contributed by atoms with van der Waals surface area (Å²) in [5.41, 5.74) is 0.0301. The van der Waals surface area contributed by atoms with Crippen LogP contribution in [0.2, 0.25) is 0 Å². The van der Waals surface area contributed by atoms with Crippen LogP contribution in [-0.4, -0.2) is 29.9 Å². The summed E-state index contributed by atoms with van der Waals surface area (Å²) in [6.07, 6.45) is -6.99. The van der Waals surface area contributed by atoms with Gasteiger partial charge in [0.05, 0.1) is 0 Å². The van der Waals surface area contributed by atoms with Crippen LogP contribution in [0, 0.1) is 0 Å². The van der Waals surface area contributed by atoms with E-state index in [1.54, 1.807) is 0 Å². The van der Waals surface area contributed by atoms with Gasteiger partial charge >= 0.3 is 29.9 Å². The first-order valence-electron chi connectivity index (χ1n) is 5.66. The van der Waals surface area contributed by atoms with Crippen molar-refractivity contribution < 1.29 is 49.0 Å². The summed E-state index contributed by atoms with van der Waals surface area (Å²) < 4.78 is 117. The van der Waals surface area contributed by atoms with Crippen LogP contribution in [0.3, 0.4) is 0 Å². The number of alkyl halides is 9. The topological polar surface area (TPSA) is 26.3 Å². The van der Waals surface area contributed by atoms with Gasteiger partial charge in [-0.15, -0.1) is 0 Å². The summed E-state index contributed by atoms with van der Waals surface area (Å²) in [7, 11) is 0. The Kier molecular flexibility index (Phi) is 4.93. The molecular weight excluding hydrogens is 347 g/mol. The minimum atomic E-state index is -7.13. The van der Waals surface area contributed by atoms with Crippen molar-refractivity contribution in [2.75, 3.05) is 0 Å². The standard InChI is InChI=1S/C12H7F9O2/c13-9(14,10(15,16)11(17,18)12(19,20)21)8(22)23-6-7-4-2-1-3-5-7/h1-5H,6H2. The number of carbonyl (C=O) groups excluding carboxylic acids is 1. The molecule has 0 atom stereocenters. The van der Waals surface area contributed by atoms with E-state index in [2.05, 4.69) is 4.74 Å². The average molecular weight is 354 g/mol. The molecule has 0 aliphatic carbocycles. The molecule has 0 saturated carbocycles. The van der Waals surface area contributed by atoms with Gasteiger partial charge in [-0.05, 0) is 5.56 Å². The lowest BCUT2D eigenvalue weighted by molar-refractivity contribution is -0.390. The van der Waals surface area contributed by atoms with Crippen molar-refractivity contribution in [3.8, 4) is 0 Å². The predicted octanol–water partition coefficient (Wildman–Crippen LogP) is 4.20. The normalized spacial score (nSPS) is 13.8. The highest BCUT2D eigenvalue weighted by atomic mass is 19.4. The van der Waals surface area contributed by atoms with Gasteiger partial charge in [-0.3, -0.25) is 0 Å². The van der Waals surface area contributed by atoms with Crippen molar-refractivity contribution >= 4 is 5.97 Å². The number of carbonyl (C=O) groups is 1. The van der Waals surface area contributed by atoms with E-state index in [4.69, 9.17) is 0 Å². The third kappa shape index (κ3) is 3.37. The van der Waals surface area contributed by atoms with Crippen LogP contribution in [0.15, 0.2) is 30.3 Å². The molecule has 1 aromatic rings. The zero-order valence-corrected chi connectivity index (χ0v) is 10.8. The van der Waals surface area contributed by atoms with Crippen molar-refractivity contribution in [3.05, 3.63) is 35.9 Å². The maximum atomic E-state index is 13.1. The molecule has 0 heterocycles. The Morgan fingerprint density at radius 3 is 1.74 bits per heavy atom. The number of ether oxygens (including phenoxy) is 1. The van der Waals surface area contributed by atoms with Gasteiger partial charge in [0.2, 0.25) is 0 Å². The molecule has 1 aromatic carbocycles. The van der Waals surface area contributed by atoms with Gasteiger partial charge in [-0.1, -0.05) is 30.3 Å². The monoisotopic (exact) mass is 354 g/mol. The molecule has 130 valence electrons. The maximum Gasteiger partial charge on any atom is 0.460 e. The SMILES string of the molecule is O=C(OCc1ccccc1)C(F)(F)C(F)(F)C(F)(F)C(F)(F)F. The summed E-state index contributed by atoms with van der Waals surface area (Å²) >= 11 is 0. The van der Waals surface area contributed by atoms with E-state index in [0.29, 0.717) is 0 Å². The number of halogens is 9. The second-order valence-electron chi connectivity index (χ2n) is 4.28. The van der Waals surface area contributed by atoms with E-state index in [9.17, 15) is 44.3 Å². The van der Waals surface area contributed by atoms with Gasteiger partial charge in [-0.25, -0.2) is 4.79 Å². The molecule has 0 fully saturated rings. The first kappa shape index (κ1) is 19.1. The van der Waals surface area contributed by atoms with Gasteiger partial charge < -0.3 is 4.74 Å². The summed E-state index contributed by atoms with van der Waals surface area (Å²) in [4.78, 5) is 10.9. The van der Waals surface area contributed by atoms with Crippen molar-refractivity contribution in [1.29, 1.82) is 0 Å². The smallest absolute Gasteiger partial charge is 0.456 e. The molecule has 0 bridgehead atoms. The lowest BCUT2D eigenvalue weighted by atomic mass is 10.0. The highest BCUT2D eigenvalue weighted by Crippen LogP contribution is 2.53. The summed E-state index contributed by atoms with van der Waals surface area (Å²) in [5.74, 6) is -23.7. The van der Waals surface area contributed by atoms with Gasteiger partial charge in [0, 0.05) is 0 Å². The maximum absolute atomic E-state index is 13.1. The molecule has 0 aromatic heterocycles. The van der Waals surface area contributed by atoms with Crippen LogP contribution >= 0.6 is 0 Å². The molecule has 0 saturated heterocycles. The van der Waals surface area contributed by atoms with E-state index in [-0.39, 0.29) is 5.56 Å². The number of hydrogen-bond donors (Lipinski definition) is 0. The Morgan fingerprint density at radius 1 is 0.826 bits per heavy atom. The summed E-state index contributed by atoms with van der Waals surface area (Å²) in [5, 5.41) is 0. The number of rotatable bonds is 5. The van der Waals surface area contributed by atoms with E-state index in [1.807, 2.05) is 0 Å². The molecule has 1 rings (SSSR count). The van der Waals surface area contributed by atoms with Gasteiger partial charge in [0.1, 0.15) is 6.61 Å². The van der Waals surface area contributed by atoms with Crippen LogP contribution in [-0.2, 0) is 16.1 Å². The predicted molar refractivity (Wildman–Crippen MR) is 57.1 cm³/mol. The highest BCUT2D eigenvalue weighted by Gasteiger charge is 2.84. The molecule has 0 aliphatic heterocycles. The third-order valence-corrected chi connectivity index (χ3v) is 2.61. The van der Waals surface area contributed by atoms with Gasteiger partial charge in [0.15, 0.2) is 0 Å². The average Bonchev–Trinajstić information content (AvgIpc) is 2.44.